The van der Waals surface area contributed by atoms with Crippen LogP contribution in [0.15, 0.2) is 47.5 Å². The van der Waals surface area contributed by atoms with Gasteiger partial charge < -0.3 is 14.8 Å². The minimum Gasteiger partial charge on any atom is -0.478 e. The lowest BCUT2D eigenvalue weighted by Gasteiger charge is -2.12. The Morgan fingerprint density at radius 3 is 2.21 bits per heavy atom. The van der Waals surface area contributed by atoms with E-state index in [9.17, 15) is 19.8 Å². The third-order valence-electron chi connectivity index (χ3n) is 4.72. The van der Waals surface area contributed by atoms with Crippen LogP contribution >= 0.6 is 11.6 Å². The van der Waals surface area contributed by atoms with Gasteiger partial charge in [0.1, 0.15) is 0 Å². The Labute approximate surface area is 172 Å². The second-order valence-corrected chi connectivity index (χ2v) is 7.09. The van der Waals surface area contributed by atoms with Gasteiger partial charge in [0, 0.05) is 33.9 Å². The van der Waals surface area contributed by atoms with E-state index in [0.29, 0.717) is 10.7 Å². The highest BCUT2D eigenvalue weighted by Crippen LogP contribution is 2.27. The number of carboxylic acid groups (broad SMARTS) is 2. The quantitative estimate of drug-likeness (QED) is 0.565. The number of aromatic nitrogens is 1. The molecular weight excluding hydrogens is 392 g/mol. The minimum absolute atomic E-state index is 0.0860. The summed E-state index contributed by atoms with van der Waals surface area (Å²) in [6, 6.07) is 11.5. The maximum absolute atomic E-state index is 11.4. The molecule has 6 nitrogen and oxygen atoms in total. The molecule has 2 aromatic carbocycles. The average Bonchev–Trinajstić information content (AvgIpc) is 2.95. The molecule has 0 saturated heterocycles. The van der Waals surface area contributed by atoms with Crippen molar-refractivity contribution >= 4 is 35.4 Å². The summed E-state index contributed by atoms with van der Waals surface area (Å²) < 4.78 is 1.81. The van der Waals surface area contributed by atoms with Crippen LogP contribution < -0.4 is 0 Å². The number of hydrogen-bond acceptors (Lipinski definition) is 3. The predicted molar refractivity (Wildman–Crippen MR) is 113 cm³/mol. The Morgan fingerprint density at radius 1 is 1.00 bits per heavy atom. The largest absolute Gasteiger partial charge is 0.478 e. The summed E-state index contributed by atoms with van der Waals surface area (Å²) in [6.07, 6.45) is 1.72. The fourth-order valence-corrected chi connectivity index (χ4v) is 3.35. The van der Waals surface area contributed by atoms with Crippen molar-refractivity contribution in [1.82, 2.24) is 4.57 Å². The zero-order valence-corrected chi connectivity index (χ0v) is 16.9. The predicted octanol–water partition coefficient (Wildman–Crippen LogP) is 5.20. The summed E-state index contributed by atoms with van der Waals surface area (Å²) in [6.45, 7) is 5.62. The molecule has 0 aliphatic heterocycles. The maximum Gasteiger partial charge on any atom is 0.335 e. The van der Waals surface area contributed by atoms with Crippen LogP contribution in [0.25, 0.3) is 5.69 Å². The number of halogens is 1. The van der Waals surface area contributed by atoms with Gasteiger partial charge in [-0.3, -0.25) is 4.99 Å². The monoisotopic (exact) mass is 410 g/mol. The van der Waals surface area contributed by atoms with Crippen LogP contribution in [0.4, 0.5) is 5.69 Å². The van der Waals surface area contributed by atoms with Crippen LogP contribution in [-0.4, -0.2) is 32.9 Å². The molecular formula is C22H19ClN2O4. The first-order valence-corrected chi connectivity index (χ1v) is 9.17. The molecule has 7 heteroatoms. The Kier molecular flexibility index (Phi) is 5.57. The Balaban J connectivity index is 2.09. The molecule has 29 heavy (non-hydrogen) atoms. The van der Waals surface area contributed by atoms with E-state index in [0.717, 1.165) is 34.3 Å². The second kappa shape index (κ2) is 7.93. The molecule has 0 radical (unpaired) electrons. The van der Waals surface area contributed by atoms with Crippen molar-refractivity contribution in [2.24, 2.45) is 4.99 Å². The first-order valence-electron chi connectivity index (χ1n) is 8.79. The van der Waals surface area contributed by atoms with Crippen molar-refractivity contribution in [1.29, 1.82) is 0 Å². The molecule has 3 aromatic rings. The molecule has 0 aliphatic carbocycles. The lowest BCUT2D eigenvalue weighted by Crippen LogP contribution is -2.07. The van der Waals surface area contributed by atoms with Crippen LogP contribution in [0.5, 0.6) is 0 Å². The molecule has 0 amide bonds. The van der Waals surface area contributed by atoms with E-state index in [1.165, 1.54) is 12.1 Å². The number of hydrogen-bond donors (Lipinski definition) is 2. The standard InChI is InChI=1S/C22H19ClN2O4/c1-12-7-17(11-24-20-6-4-5-19(23)13(20)2)14(3)25(12)18-9-15(21(26)27)8-16(10-18)22(28)29/h4-11H,1-3H3,(H,26,27)(H,28,29). The number of rotatable bonds is 5. The highest BCUT2D eigenvalue weighted by atomic mass is 35.5. The fraction of sp³-hybridized carbons (Fsp3) is 0.136. The van der Waals surface area contributed by atoms with Crippen molar-refractivity contribution in [2.75, 3.05) is 0 Å². The van der Waals surface area contributed by atoms with E-state index >= 15 is 0 Å². The van der Waals surface area contributed by atoms with Gasteiger partial charge in [-0.25, -0.2) is 9.59 Å². The molecule has 0 saturated carbocycles. The van der Waals surface area contributed by atoms with Crippen molar-refractivity contribution in [3.63, 3.8) is 0 Å². The molecule has 0 atom stereocenters. The summed E-state index contributed by atoms with van der Waals surface area (Å²) in [5, 5.41) is 19.3. The molecule has 0 aliphatic rings. The van der Waals surface area contributed by atoms with Gasteiger partial charge in [-0.15, -0.1) is 0 Å². The fourth-order valence-electron chi connectivity index (χ4n) is 3.18. The van der Waals surface area contributed by atoms with Crippen molar-refractivity contribution < 1.29 is 19.8 Å². The van der Waals surface area contributed by atoms with Gasteiger partial charge in [-0.1, -0.05) is 17.7 Å². The van der Waals surface area contributed by atoms with Crippen LogP contribution in [0, 0.1) is 20.8 Å². The topological polar surface area (TPSA) is 91.9 Å². The first kappa shape index (κ1) is 20.4. The Bertz CT molecular complexity index is 1130. The van der Waals surface area contributed by atoms with Crippen LogP contribution in [0.1, 0.15) is 43.2 Å². The van der Waals surface area contributed by atoms with Crippen molar-refractivity contribution in [3.05, 3.63) is 81.1 Å². The number of carbonyl (C=O) groups is 2. The zero-order chi connectivity index (χ0) is 21.3. The molecule has 3 rings (SSSR count). The van der Waals surface area contributed by atoms with Gasteiger partial charge in [-0.05, 0) is 62.7 Å². The number of carboxylic acids is 2. The molecule has 1 heterocycles. The first-order chi connectivity index (χ1) is 13.7. The molecule has 2 N–H and O–H groups in total. The summed E-state index contributed by atoms with van der Waals surface area (Å²) in [7, 11) is 0. The van der Waals surface area contributed by atoms with E-state index in [1.807, 2.05) is 43.5 Å². The van der Waals surface area contributed by atoms with E-state index < -0.39 is 11.9 Å². The van der Waals surface area contributed by atoms with Crippen LogP contribution in [-0.2, 0) is 0 Å². The molecule has 1 aromatic heterocycles. The second-order valence-electron chi connectivity index (χ2n) is 6.68. The third kappa shape index (κ3) is 4.07. The van der Waals surface area contributed by atoms with E-state index in [2.05, 4.69) is 4.99 Å². The minimum atomic E-state index is -1.19. The lowest BCUT2D eigenvalue weighted by atomic mass is 10.1. The van der Waals surface area contributed by atoms with E-state index in [1.54, 1.807) is 12.3 Å². The molecule has 0 spiro atoms. The summed E-state index contributed by atoms with van der Waals surface area (Å²) in [4.78, 5) is 27.4. The molecule has 0 unspecified atom stereocenters. The molecule has 148 valence electrons. The zero-order valence-electron chi connectivity index (χ0n) is 16.1. The van der Waals surface area contributed by atoms with E-state index in [4.69, 9.17) is 11.6 Å². The van der Waals surface area contributed by atoms with Gasteiger partial charge in [0.05, 0.1) is 16.8 Å². The van der Waals surface area contributed by atoms with E-state index in [-0.39, 0.29) is 11.1 Å². The number of nitrogens with zero attached hydrogens (tertiary/aromatic N) is 2. The van der Waals surface area contributed by atoms with Crippen molar-refractivity contribution in [3.8, 4) is 5.69 Å². The highest BCUT2D eigenvalue weighted by molar-refractivity contribution is 6.31. The SMILES string of the molecule is Cc1c(Cl)cccc1N=Cc1cc(C)n(-c2cc(C(=O)O)cc(C(=O)O)c2)c1C. The summed E-state index contributed by atoms with van der Waals surface area (Å²) >= 11 is 6.14. The van der Waals surface area contributed by atoms with Gasteiger partial charge in [0.2, 0.25) is 0 Å². The summed E-state index contributed by atoms with van der Waals surface area (Å²) in [5.41, 5.74) is 4.39. The number of aryl methyl sites for hydroxylation is 1. The van der Waals surface area contributed by atoms with Crippen LogP contribution in [0.3, 0.4) is 0 Å². The molecule has 0 bridgehead atoms. The smallest absolute Gasteiger partial charge is 0.335 e. The number of benzene rings is 2. The van der Waals surface area contributed by atoms with Gasteiger partial charge in [0.25, 0.3) is 0 Å². The Morgan fingerprint density at radius 2 is 1.62 bits per heavy atom. The highest BCUT2D eigenvalue weighted by Gasteiger charge is 2.16. The number of aliphatic imine (C=N–C) groups is 1. The van der Waals surface area contributed by atoms with Crippen LogP contribution in [0.2, 0.25) is 5.02 Å². The number of aromatic carboxylic acids is 2. The maximum atomic E-state index is 11.4. The Hall–Kier alpha value is -3.38. The third-order valence-corrected chi connectivity index (χ3v) is 5.13. The average molecular weight is 411 g/mol. The van der Waals surface area contributed by atoms with Gasteiger partial charge in [-0.2, -0.15) is 0 Å². The van der Waals surface area contributed by atoms with Gasteiger partial charge >= 0.3 is 11.9 Å². The molecule has 0 fully saturated rings. The summed E-state index contributed by atoms with van der Waals surface area (Å²) in [5.74, 6) is -2.37. The lowest BCUT2D eigenvalue weighted by molar-refractivity contribution is 0.0696. The van der Waals surface area contributed by atoms with Gasteiger partial charge in [0.15, 0.2) is 0 Å². The normalized spacial score (nSPS) is 11.2. The van der Waals surface area contributed by atoms with Crippen molar-refractivity contribution in [2.45, 2.75) is 20.8 Å².